The molecule has 9 heteroatoms. The van der Waals surface area contributed by atoms with Gasteiger partial charge in [0, 0.05) is 35.8 Å². The summed E-state index contributed by atoms with van der Waals surface area (Å²) < 4.78 is 26.5. The van der Waals surface area contributed by atoms with Gasteiger partial charge in [-0.1, -0.05) is 19.1 Å². The van der Waals surface area contributed by atoms with Gasteiger partial charge in [0.1, 0.15) is 11.6 Å². The largest absolute Gasteiger partial charge is 0.351 e. The smallest absolute Gasteiger partial charge is 0.203 e. The lowest BCUT2D eigenvalue weighted by molar-refractivity contribution is 0.102. The number of hydrogen-bond acceptors (Lipinski definition) is 7. The molecule has 1 N–H and O–H groups in total. The molecule has 3 aromatic heterocycles. The maximum atomic E-state index is 13.3. The summed E-state index contributed by atoms with van der Waals surface area (Å²) in [7, 11) is -3.95. The van der Waals surface area contributed by atoms with E-state index in [4.69, 9.17) is 0 Å². The van der Waals surface area contributed by atoms with Crippen LogP contribution >= 0.6 is 0 Å². The van der Waals surface area contributed by atoms with Crippen molar-refractivity contribution in [3.8, 4) is 0 Å². The predicted octanol–water partition coefficient (Wildman–Crippen LogP) is 4.23. The minimum absolute atomic E-state index is 0.0988. The van der Waals surface area contributed by atoms with E-state index in [-0.39, 0.29) is 10.6 Å². The Morgan fingerprint density at radius 2 is 2.00 bits per heavy atom. The highest BCUT2D eigenvalue weighted by Crippen LogP contribution is 2.37. The van der Waals surface area contributed by atoms with Gasteiger partial charge in [0.25, 0.3) is 0 Å². The number of ketones is 1. The fourth-order valence-corrected chi connectivity index (χ4v) is 6.34. The summed E-state index contributed by atoms with van der Waals surface area (Å²) in [6.07, 6.45) is 4.83. The van der Waals surface area contributed by atoms with Crippen LogP contribution in [0.1, 0.15) is 48.8 Å². The standard InChI is InChI=1S/C27H29N5O3S/c1-18-14-27(2,3)32(16-18)26-22(7-5-11-28-26)24(33)17-36(34,35)25-8-4-6-21(30-25)13-19-9-10-23-20(12-19)15-29-31-23/h4-12,15,18H,13-14,16-17H2,1-3H3,(H,29,31). The maximum Gasteiger partial charge on any atom is 0.203 e. The fraction of sp³-hybridized carbons (Fsp3) is 0.333. The summed E-state index contributed by atoms with van der Waals surface area (Å²) >= 11 is 0. The first-order valence-electron chi connectivity index (χ1n) is 12.0. The van der Waals surface area contributed by atoms with E-state index in [1.807, 2.05) is 18.2 Å². The number of H-pyrrole nitrogens is 1. The number of carbonyl (C=O) groups is 1. The van der Waals surface area contributed by atoms with E-state index in [0.29, 0.717) is 29.4 Å². The van der Waals surface area contributed by atoms with Gasteiger partial charge in [-0.2, -0.15) is 5.10 Å². The van der Waals surface area contributed by atoms with Gasteiger partial charge in [-0.15, -0.1) is 0 Å². The van der Waals surface area contributed by atoms with Crippen LogP contribution in [0.4, 0.5) is 5.82 Å². The third-order valence-electron chi connectivity index (χ3n) is 6.73. The Bertz CT molecular complexity index is 1540. The van der Waals surface area contributed by atoms with Crippen molar-refractivity contribution in [3.63, 3.8) is 0 Å². The molecule has 8 nitrogen and oxygen atoms in total. The van der Waals surface area contributed by atoms with Crippen molar-refractivity contribution in [1.29, 1.82) is 0 Å². The molecule has 0 aliphatic carbocycles. The second-order valence-corrected chi connectivity index (χ2v) is 12.2. The highest BCUT2D eigenvalue weighted by atomic mass is 32.2. The average molecular weight is 504 g/mol. The molecule has 1 aliphatic rings. The number of benzene rings is 1. The third-order valence-corrected chi connectivity index (χ3v) is 8.23. The first-order chi connectivity index (χ1) is 17.1. The number of aromatic nitrogens is 4. The van der Waals surface area contributed by atoms with Gasteiger partial charge in [0.2, 0.25) is 9.84 Å². The Labute approximate surface area is 210 Å². The second-order valence-electron chi connectivity index (χ2n) is 10.2. The molecule has 0 radical (unpaired) electrons. The highest BCUT2D eigenvalue weighted by Gasteiger charge is 2.39. The molecular weight excluding hydrogens is 474 g/mol. The summed E-state index contributed by atoms with van der Waals surface area (Å²) in [5.41, 5.74) is 2.69. The van der Waals surface area contributed by atoms with Crippen LogP contribution in [0.3, 0.4) is 0 Å². The van der Waals surface area contributed by atoms with E-state index >= 15 is 0 Å². The van der Waals surface area contributed by atoms with Gasteiger partial charge in [-0.3, -0.25) is 9.89 Å². The summed E-state index contributed by atoms with van der Waals surface area (Å²) in [6, 6.07) is 14.1. The van der Waals surface area contributed by atoms with Crippen molar-refractivity contribution < 1.29 is 13.2 Å². The minimum Gasteiger partial charge on any atom is -0.351 e. The quantitative estimate of drug-likeness (QED) is 0.376. The SMILES string of the molecule is CC1CN(c2ncccc2C(=O)CS(=O)(=O)c2cccc(Cc3ccc4[nH]ncc4c3)n2)C(C)(C)C1. The monoisotopic (exact) mass is 503 g/mol. The van der Waals surface area contributed by atoms with Crippen LogP contribution in [-0.4, -0.2) is 52.2 Å². The molecular formula is C27H29N5O3S. The molecule has 186 valence electrons. The molecule has 0 bridgehead atoms. The molecule has 0 amide bonds. The lowest BCUT2D eigenvalue weighted by Crippen LogP contribution is -2.39. The van der Waals surface area contributed by atoms with Gasteiger partial charge in [-0.05, 0) is 68.1 Å². The second kappa shape index (κ2) is 9.13. The number of Topliss-reactive ketones (excluding diaryl/α,β-unsaturated/α-hetero) is 1. The van der Waals surface area contributed by atoms with E-state index < -0.39 is 21.4 Å². The lowest BCUT2D eigenvalue weighted by atomic mass is 9.97. The number of fused-ring (bicyclic) bond motifs is 1. The molecule has 1 aromatic carbocycles. The summed E-state index contributed by atoms with van der Waals surface area (Å²) in [5.74, 6) is -0.142. The number of aromatic amines is 1. The Kier molecular flexibility index (Phi) is 6.12. The number of nitrogens with zero attached hydrogens (tertiary/aromatic N) is 4. The molecule has 0 saturated carbocycles. The van der Waals surface area contributed by atoms with E-state index in [2.05, 4.69) is 45.8 Å². The van der Waals surface area contributed by atoms with Crippen molar-refractivity contribution in [2.45, 2.75) is 44.2 Å². The van der Waals surface area contributed by atoms with Crippen molar-refractivity contribution in [2.75, 3.05) is 17.2 Å². The Hall–Kier alpha value is -3.59. The molecule has 1 saturated heterocycles. The summed E-state index contributed by atoms with van der Waals surface area (Å²) in [4.78, 5) is 24.3. The van der Waals surface area contributed by atoms with Gasteiger partial charge < -0.3 is 4.90 Å². The molecule has 0 spiro atoms. The summed E-state index contributed by atoms with van der Waals surface area (Å²) in [6.45, 7) is 7.18. The molecule has 1 atom stereocenters. The Balaban J connectivity index is 1.38. The molecule has 1 unspecified atom stereocenters. The zero-order valence-electron chi connectivity index (χ0n) is 20.6. The van der Waals surface area contributed by atoms with Crippen LogP contribution in [0.15, 0.2) is 66.0 Å². The Morgan fingerprint density at radius 1 is 1.17 bits per heavy atom. The third kappa shape index (κ3) is 4.75. The normalized spacial score (nSPS) is 17.5. The average Bonchev–Trinajstić information content (AvgIpc) is 3.41. The van der Waals surface area contributed by atoms with E-state index in [1.165, 1.54) is 6.07 Å². The van der Waals surface area contributed by atoms with Gasteiger partial charge in [-0.25, -0.2) is 18.4 Å². The summed E-state index contributed by atoms with van der Waals surface area (Å²) in [5, 5.41) is 7.82. The van der Waals surface area contributed by atoms with Crippen LogP contribution < -0.4 is 4.90 Å². The first kappa shape index (κ1) is 24.1. The number of nitrogens with one attached hydrogen (secondary N) is 1. The zero-order valence-corrected chi connectivity index (χ0v) is 21.4. The fourth-order valence-electron chi connectivity index (χ4n) is 5.15. The molecule has 4 heterocycles. The number of hydrogen-bond donors (Lipinski definition) is 1. The Morgan fingerprint density at radius 3 is 2.78 bits per heavy atom. The number of sulfone groups is 1. The molecule has 36 heavy (non-hydrogen) atoms. The molecule has 1 fully saturated rings. The zero-order chi connectivity index (χ0) is 25.5. The van der Waals surface area contributed by atoms with Crippen LogP contribution in [0.25, 0.3) is 10.9 Å². The van der Waals surface area contributed by atoms with Crippen molar-refractivity contribution in [3.05, 3.63) is 77.7 Å². The highest BCUT2D eigenvalue weighted by molar-refractivity contribution is 7.92. The molecule has 4 aromatic rings. The van der Waals surface area contributed by atoms with Crippen LogP contribution in [0.5, 0.6) is 0 Å². The number of rotatable bonds is 7. The van der Waals surface area contributed by atoms with Crippen LogP contribution in [0, 0.1) is 5.92 Å². The van der Waals surface area contributed by atoms with Gasteiger partial charge in [0.15, 0.2) is 10.8 Å². The van der Waals surface area contributed by atoms with Crippen molar-refractivity contribution in [2.24, 2.45) is 5.92 Å². The number of pyridine rings is 2. The van der Waals surface area contributed by atoms with E-state index in [1.54, 1.807) is 36.7 Å². The predicted molar refractivity (Wildman–Crippen MR) is 139 cm³/mol. The minimum atomic E-state index is -3.95. The van der Waals surface area contributed by atoms with Crippen LogP contribution in [0.2, 0.25) is 0 Å². The van der Waals surface area contributed by atoms with Crippen molar-refractivity contribution >= 4 is 32.3 Å². The van der Waals surface area contributed by atoms with Gasteiger partial charge >= 0.3 is 0 Å². The lowest BCUT2D eigenvalue weighted by Gasteiger charge is -2.33. The van der Waals surface area contributed by atoms with Crippen LogP contribution in [-0.2, 0) is 16.3 Å². The molecule has 5 rings (SSSR count). The molecule has 1 aliphatic heterocycles. The first-order valence-corrected chi connectivity index (χ1v) is 13.6. The van der Waals surface area contributed by atoms with E-state index in [0.717, 1.165) is 29.4 Å². The van der Waals surface area contributed by atoms with Crippen molar-refractivity contribution in [1.82, 2.24) is 20.2 Å². The van der Waals surface area contributed by atoms with Gasteiger partial charge in [0.05, 0.1) is 17.3 Å². The maximum absolute atomic E-state index is 13.3. The topological polar surface area (TPSA) is 109 Å². The van der Waals surface area contributed by atoms with E-state index in [9.17, 15) is 13.2 Å². The number of anilines is 1. The number of carbonyl (C=O) groups excluding carboxylic acids is 1.